The highest BCUT2D eigenvalue weighted by Crippen LogP contribution is 2.38. The molecule has 1 aliphatic heterocycles. The number of hydrogen-bond donors (Lipinski definition) is 0. The maximum atomic E-state index is 6.11. The fraction of sp³-hybridized carbons (Fsp3) is 1.00. The third-order valence-corrected chi connectivity index (χ3v) is 4.95. The van der Waals surface area contributed by atoms with E-state index < -0.39 is 0 Å². The first kappa shape index (κ1) is 11.2. The van der Waals surface area contributed by atoms with Crippen molar-refractivity contribution in [1.82, 2.24) is 0 Å². The van der Waals surface area contributed by atoms with Gasteiger partial charge in [-0.25, -0.2) is 0 Å². The van der Waals surface area contributed by atoms with Crippen molar-refractivity contribution in [1.29, 1.82) is 0 Å². The van der Waals surface area contributed by atoms with Gasteiger partial charge in [-0.05, 0) is 31.1 Å². The molecule has 1 aliphatic carbocycles. The standard InChI is InChI=1S/C12H21IO/c1-9-4-2-3-5-11(9)12-7-6-10(8-13)14-12/h9-12H,2-8H2,1H3. The van der Waals surface area contributed by atoms with Gasteiger partial charge in [0, 0.05) is 4.43 Å². The van der Waals surface area contributed by atoms with Gasteiger partial charge in [-0.3, -0.25) is 0 Å². The molecule has 0 aromatic rings. The largest absolute Gasteiger partial charge is 0.374 e. The Bertz CT molecular complexity index is 183. The van der Waals surface area contributed by atoms with Crippen LogP contribution in [0.3, 0.4) is 0 Å². The van der Waals surface area contributed by atoms with Crippen LogP contribution in [0.1, 0.15) is 45.4 Å². The first-order chi connectivity index (χ1) is 6.81. The Morgan fingerprint density at radius 2 is 1.93 bits per heavy atom. The van der Waals surface area contributed by atoms with Gasteiger partial charge in [0.1, 0.15) is 0 Å². The lowest BCUT2D eigenvalue weighted by atomic mass is 9.77. The van der Waals surface area contributed by atoms with Crippen molar-refractivity contribution in [3.63, 3.8) is 0 Å². The van der Waals surface area contributed by atoms with Crippen molar-refractivity contribution < 1.29 is 4.74 Å². The normalized spacial score (nSPS) is 44.1. The van der Waals surface area contributed by atoms with Gasteiger partial charge in [-0.2, -0.15) is 0 Å². The van der Waals surface area contributed by atoms with Crippen LogP contribution in [0, 0.1) is 11.8 Å². The summed E-state index contributed by atoms with van der Waals surface area (Å²) < 4.78 is 7.29. The molecule has 82 valence electrons. The van der Waals surface area contributed by atoms with Crippen LogP contribution in [0.15, 0.2) is 0 Å². The number of rotatable bonds is 2. The van der Waals surface area contributed by atoms with Crippen LogP contribution in [-0.2, 0) is 4.74 Å². The molecule has 1 saturated carbocycles. The molecule has 0 radical (unpaired) electrons. The number of alkyl halides is 1. The molecule has 0 aromatic carbocycles. The Morgan fingerprint density at radius 3 is 2.57 bits per heavy atom. The summed E-state index contributed by atoms with van der Waals surface area (Å²) in [6, 6.07) is 0. The summed E-state index contributed by atoms with van der Waals surface area (Å²) in [5, 5.41) is 0. The summed E-state index contributed by atoms with van der Waals surface area (Å²) in [4.78, 5) is 0. The lowest BCUT2D eigenvalue weighted by Crippen LogP contribution is -2.29. The monoisotopic (exact) mass is 308 g/mol. The van der Waals surface area contributed by atoms with E-state index in [-0.39, 0.29) is 0 Å². The third-order valence-electron chi connectivity index (χ3n) is 3.97. The summed E-state index contributed by atoms with van der Waals surface area (Å²) in [5.41, 5.74) is 0. The first-order valence-corrected chi connectivity index (χ1v) is 7.55. The fourth-order valence-electron chi connectivity index (χ4n) is 3.06. The highest BCUT2D eigenvalue weighted by molar-refractivity contribution is 14.1. The van der Waals surface area contributed by atoms with Crippen molar-refractivity contribution in [3.8, 4) is 0 Å². The van der Waals surface area contributed by atoms with E-state index in [4.69, 9.17) is 4.74 Å². The van der Waals surface area contributed by atoms with Gasteiger partial charge in [-0.1, -0.05) is 48.8 Å². The molecule has 0 N–H and O–H groups in total. The maximum Gasteiger partial charge on any atom is 0.0669 e. The predicted molar refractivity (Wildman–Crippen MR) is 67.9 cm³/mol. The van der Waals surface area contributed by atoms with Crippen molar-refractivity contribution >= 4 is 22.6 Å². The van der Waals surface area contributed by atoms with E-state index in [0.717, 1.165) is 11.8 Å². The Hall–Kier alpha value is 0.690. The molecule has 2 heteroatoms. The van der Waals surface area contributed by atoms with Crippen molar-refractivity contribution in [2.45, 2.75) is 57.7 Å². The molecule has 1 heterocycles. The maximum absolute atomic E-state index is 6.11. The molecule has 0 amide bonds. The SMILES string of the molecule is CC1CCCCC1C1CCC(CI)O1. The highest BCUT2D eigenvalue weighted by Gasteiger charge is 2.34. The second kappa shape index (κ2) is 5.15. The Kier molecular flexibility index (Phi) is 4.11. The Labute approximate surface area is 101 Å². The van der Waals surface area contributed by atoms with E-state index in [1.807, 2.05) is 0 Å². The van der Waals surface area contributed by atoms with Gasteiger partial charge < -0.3 is 4.74 Å². The van der Waals surface area contributed by atoms with E-state index >= 15 is 0 Å². The molecule has 2 aliphatic rings. The van der Waals surface area contributed by atoms with Gasteiger partial charge in [0.2, 0.25) is 0 Å². The zero-order valence-electron chi connectivity index (χ0n) is 9.05. The van der Waals surface area contributed by atoms with E-state index in [1.165, 1.54) is 43.0 Å². The molecule has 0 aromatic heterocycles. The minimum absolute atomic E-state index is 0.565. The molecule has 0 bridgehead atoms. The van der Waals surface area contributed by atoms with Gasteiger partial charge in [-0.15, -0.1) is 0 Å². The second-order valence-electron chi connectivity index (χ2n) is 4.95. The van der Waals surface area contributed by atoms with Crippen molar-refractivity contribution in [2.75, 3.05) is 4.43 Å². The van der Waals surface area contributed by atoms with Crippen LogP contribution in [-0.4, -0.2) is 16.6 Å². The molecule has 4 atom stereocenters. The quantitative estimate of drug-likeness (QED) is 0.557. The zero-order chi connectivity index (χ0) is 9.97. The minimum atomic E-state index is 0.565. The number of ether oxygens (including phenoxy) is 1. The smallest absolute Gasteiger partial charge is 0.0669 e. The third kappa shape index (κ3) is 2.43. The highest BCUT2D eigenvalue weighted by atomic mass is 127. The van der Waals surface area contributed by atoms with Crippen molar-refractivity contribution in [3.05, 3.63) is 0 Å². The van der Waals surface area contributed by atoms with Gasteiger partial charge in [0.15, 0.2) is 0 Å². The minimum Gasteiger partial charge on any atom is -0.374 e. The summed E-state index contributed by atoms with van der Waals surface area (Å²) in [5.74, 6) is 1.78. The van der Waals surface area contributed by atoms with Crippen molar-refractivity contribution in [2.24, 2.45) is 11.8 Å². The second-order valence-corrected chi connectivity index (χ2v) is 5.83. The summed E-state index contributed by atoms with van der Waals surface area (Å²) in [7, 11) is 0. The molecule has 14 heavy (non-hydrogen) atoms. The summed E-state index contributed by atoms with van der Waals surface area (Å²) >= 11 is 2.45. The predicted octanol–water partition coefficient (Wildman–Crippen LogP) is 3.80. The lowest BCUT2D eigenvalue weighted by Gasteiger charge is -2.33. The summed E-state index contributed by atoms with van der Waals surface area (Å²) in [6.45, 7) is 2.42. The van der Waals surface area contributed by atoms with Crippen LogP contribution in [0.2, 0.25) is 0 Å². The topological polar surface area (TPSA) is 9.23 Å². The van der Waals surface area contributed by atoms with Crippen LogP contribution in [0.25, 0.3) is 0 Å². The Balaban J connectivity index is 1.88. The number of halogens is 1. The van der Waals surface area contributed by atoms with E-state index in [0.29, 0.717) is 12.2 Å². The average Bonchev–Trinajstić information content (AvgIpc) is 2.67. The van der Waals surface area contributed by atoms with Crippen LogP contribution in [0.5, 0.6) is 0 Å². The molecular weight excluding hydrogens is 287 g/mol. The zero-order valence-corrected chi connectivity index (χ0v) is 11.2. The van der Waals surface area contributed by atoms with Gasteiger partial charge in [0.25, 0.3) is 0 Å². The molecule has 1 saturated heterocycles. The molecular formula is C12H21IO. The van der Waals surface area contributed by atoms with Gasteiger partial charge >= 0.3 is 0 Å². The lowest BCUT2D eigenvalue weighted by molar-refractivity contribution is -0.00603. The molecule has 2 fully saturated rings. The number of hydrogen-bond acceptors (Lipinski definition) is 1. The van der Waals surface area contributed by atoms with Gasteiger partial charge in [0.05, 0.1) is 12.2 Å². The van der Waals surface area contributed by atoms with E-state index in [2.05, 4.69) is 29.5 Å². The van der Waals surface area contributed by atoms with E-state index in [9.17, 15) is 0 Å². The van der Waals surface area contributed by atoms with E-state index in [1.54, 1.807) is 0 Å². The molecule has 0 spiro atoms. The fourth-order valence-corrected chi connectivity index (χ4v) is 3.71. The first-order valence-electron chi connectivity index (χ1n) is 6.02. The molecule has 4 unspecified atom stereocenters. The summed E-state index contributed by atoms with van der Waals surface area (Å²) in [6.07, 6.45) is 9.52. The van der Waals surface area contributed by atoms with Crippen LogP contribution in [0.4, 0.5) is 0 Å². The molecule has 2 rings (SSSR count). The van der Waals surface area contributed by atoms with Crippen LogP contribution >= 0.6 is 22.6 Å². The average molecular weight is 308 g/mol. The Morgan fingerprint density at radius 1 is 1.14 bits per heavy atom. The molecule has 1 nitrogen and oxygen atoms in total. The van der Waals surface area contributed by atoms with Crippen LogP contribution < -0.4 is 0 Å².